The van der Waals surface area contributed by atoms with E-state index < -0.39 is 4.92 Å². The summed E-state index contributed by atoms with van der Waals surface area (Å²) in [6.07, 6.45) is 0.757. The van der Waals surface area contributed by atoms with Gasteiger partial charge in [-0.25, -0.2) is 0 Å². The molecule has 0 saturated carbocycles. The summed E-state index contributed by atoms with van der Waals surface area (Å²) in [5.74, 6) is 0. The minimum absolute atomic E-state index is 0.0286. The highest BCUT2D eigenvalue weighted by Gasteiger charge is 2.10. The third-order valence-electron chi connectivity index (χ3n) is 2.27. The number of hydrogen-bond acceptors (Lipinski definition) is 3. The molecule has 1 unspecified atom stereocenters. The van der Waals surface area contributed by atoms with Crippen molar-refractivity contribution in [2.24, 2.45) is 0 Å². The topological polar surface area (TPSA) is 55.2 Å². The van der Waals surface area contributed by atoms with Gasteiger partial charge in [0.1, 0.15) is 0 Å². The summed E-state index contributed by atoms with van der Waals surface area (Å²) in [5.41, 5.74) is 0.949. The number of nitrogens with one attached hydrogen (secondary N) is 1. The second-order valence-electron chi connectivity index (χ2n) is 3.43. The van der Waals surface area contributed by atoms with Gasteiger partial charge < -0.3 is 5.32 Å². The Labute approximate surface area is 93.4 Å². The Hall–Kier alpha value is -1.13. The molecule has 1 aromatic rings. The highest BCUT2D eigenvalue weighted by molar-refractivity contribution is 6.31. The molecule has 0 aliphatic heterocycles. The van der Waals surface area contributed by atoms with Gasteiger partial charge in [0, 0.05) is 18.2 Å². The van der Waals surface area contributed by atoms with E-state index in [-0.39, 0.29) is 5.69 Å². The van der Waals surface area contributed by atoms with E-state index >= 15 is 0 Å². The van der Waals surface area contributed by atoms with E-state index in [4.69, 9.17) is 11.6 Å². The number of rotatable bonds is 4. The first-order valence-corrected chi connectivity index (χ1v) is 5.02. The van der Waals surface area contributed by atoms with Crippen molar-refractivity contribution in [3.8, 4) is 0 Å². The molecule has 1 N–H and O–H groups in total. The molecule has 0 saturated heterocycles. The normalized spacial score (nSPS) is 12.5. The molecule has 1 atom stereocenters. The van der Waals surface area contributed by atoms with Crippen LogP contribution in [0.5, 0.6) is 0 Å². The monoisotopic (exact) mass is 228 g/mol. The Kier molecular flexibility index (Phi) is 4.05. The Balaban J connectivity index is 2.88. The van der Waals surface area contributed by atoms with Gasteiger partial charge in [-0.15, -0.1) is 0 Å². The van der Waals surface area contributed by atoms with E-state index in [2.05, 4.69) is 5.32 Å². The number of halogens is 1. The number of non-ortho nitro benzene ring substituents is 1. The van der Waals surface area contributed by atoms with E-state index in [9.17, 15) is 10.1 Å². The molecule has 4 nitrogen and oxygen atoms in total. The Morgan fingerprint density at radius 2 is 2.27 bits per heavy atom. The smallest absolute Gasteiger partial charge is 0.270 e. The van der Waals surface area contributed by atoms with Crippen molar-refractivity contribution in [3.63, 3.8) is 0 Å². The van der Waals surface area contributed by atoms with Gasteiger partial charge in [-0.3, -0.25) is 10.1 Å². The van der Waals surface area contributed by atoms with Crippen molar-refractivity contribution in [3.05, 3.63) is 38.9 Å². The second kappa shape index (κ2) is 5.09. The minimum Gasteiger partial charge on any atom is -0.317 e. The van der Waals surface area contributed by atoms with Crippen LogP contribution in [0.3, 0.4) is 0 Å². The fourth-order valence-corrected chi connectivity index (χ4v) is 1.50. The molecule has 0 bridgehead atoms. The average molecular weight is 229 g/mol. The predicted molar refractivity (Wildman–Crippen MR) is 60.3 cm³/mol. The van der Waals surface area contributed by atoms with E-state index in [1.54, 1.807) is 6.07 Å². The molecule has 0 fully saturated rings. The summed E-state index contributed by atoms with van der Waals surface area (Å²) in [7, 11) is 1.87. The first kappa shape index (κ1) is 11.9. The van der Waals surface area contributed by atoms with Gasteiger partial charge in [-0.1, -0.05) is 17.7 Å². The lowest BCUT2D eigenvalue weighted by molar-refractivity contribution is -0.384. The quantitative estimate of drug-likeness (QED) is 0.636. The van der Waals surface area contributed by atoms with E-state index in [1.165, 1.54) is 12.1 Å². The van der Waals surface area contributed by atoms with Crippen LogP contribution >= 0.6 is 11.6 Å². The zero-order valence-electron chi connectivity index (χ0n) is 8.66. The lowest BCUT2D eigenvalue weighted by Gasteiger charge is -2.10. The number of nitrogens with zero attached hydrogens (tertiary/aromatic N) is 1. The molecule has 1 rings (SSSR count). The number of benzene rings is 1. The molecule has 0 spiro atoms. The number of nitro groups is 1. The first-order chi connectivity index (χ1) is 7.04. The van der Waals surface area contributed by atoms with Crippen LogP contribution in [-0.2, 0) is 6.42 Å². The van der Waals surface area contributed by atoms with Crippen LogP contribution in [0.4, 0.5) is 5.69 Å². The van der Waals surface area contributed by atoms with Crippen molar-refractivity contribution in [1.82, 2.24) is 5.32 Å². The van der Waals surface area contributed by atoms with Crippen LogP contribution in [-0.4, -0.2) is 18.0 Å². The summed E-state index contributed by atoms with van der Waals surface area (Å²) < 4.78 is 0. The summed E-state index contributed by atoms with van der Waals surface area (Å²) in [6, 6.07) is 4.86. The van der Waals surface area contributed by atoms with Crippen LogP contribution in [0.2, 0.25) is 5.02 Å². The SMILES string of the molecule is CNC(C)Cc1ccc([N+](=O)[O-])cc1Cl. The van der Waals surface area contributed by atoms with Crippen LogP contribution in [0.25, 0.3) is 0 Å². The highest BCUT2D eigenvalue weighted by Crippen LogP contribution is 2.23. The first-order valence-electron chi connectivity index (χ1n) is 4.64. The van der Waals surface area contributed by atoms with Gasteiger partial charge in [-0.05, 0) is 26.0 Å². The van der Waals surface area contributed by atoms with E-state index in [0.29, 0.717) is 11.1 Å². The zero-order chi connectivity index (χ0) is 11.4. The third kappa shape index (κ3) is 3.18. The van der Waals surface area contributed by atoms with Crippen molar-refractivity contribution in [2.45, 2.75) is 19.4 Å². The van der Waals surface area contributed by atoms with Gasteiger partial charge in [0.05, 0.1) is 9.95 Å². The summed E-state index contributed by atoms with van der Waals surface area (Å²) in [4.78, 5) is 10.0. The molecule has 15 heavy (non-hydrogen) atoms. The molecule has 1 aromatic carbocycles. The van der Waals surface area contributed by atoms with Crippen LogP contribution in [0, 0.1) is 10.1 Å². The lowest BCUT2D eigenvalue weighted by Crippen LogP contribution is -2.23. The summed E-state index contributed by atoms with van der Waals surface area (Å²) >= 11 is 5.94. The number of hydrogen-bond donors (Lipinski definition) is 1. The van der Waals surface area contributed by atoms with Gasteiger partial charge in [0.15, 0.2) is 0 Å². The largest absolute Gasteiger partial charge is 0.317 e. The number of nitro benzene ring substituents is 1. The van der Waals surface area contributed by atoms with Crippen LogP contribution in [0.1, 0.15) is 12.5 Å². The molecule has 0 aliphatic rings. The Morgan fingerprint density at radius 3 is 2.73 bits per heavy atom. The van der Waals surface area contributed by atoms with Crippen molar-refractivity contribution in [2.75, 3.05) is 7.05 Å². The molecule has 0 aliphatic carbocycles. The third-order valence-corrected chi connectivity index (χ3v) is 2.62. The van der Waals surface area contributed by atoms with Crippen molar-refractivity contribution >= 4 is 17.3 Å². The molecule has 0 radical (unpaired) electrons. The van der Waals surface area contributed by atoms with Crippen molar-refractivity contribution in [1.29, 1.82) is 0 Å². The molecular formula is C10H13ClN2O2. The molecule has 82 valence electrons. The second-order valence-corrected chi connectivity index (χ2v) is 3.83. The van der Waals surface area contributed by atoms with E-state index in [0.717, 1.165) is 12.0 Å². The molecule has 0 aromatic heterocycles. The molecular weight excluding hydrogens is 216 g/mol. The van der Waals surface area contributed by atoms with Crippen molar-refractivity contribution < 1.29 is 4.92 Å². The summed E-state index contributed by atoms with van der Waals surface area (Å²) in [6.45, 7) is 2.03. The summed E-state index contributed by atoms with van der Waals surface area (Å²) in [5, 5.41) is 14.0. The zero-order valence-corrected chi connectivity index (χ0v) is 9.41. The molecule has 5 heteroatoms. The number of likely N-dealkylation sites (N-methyl/N-ethyl adjacent to an activating group) is 1. The van der Waals surface area contributed by atoms with Crippen LogP contribution < -0.4 is 5.32 Å². The minimum atomic E-state index is -0.447. The van der Waals surface area contributed by atoms with Gasteiger partial charge in [0.25, 0.3) is 5.69 Å². The average Bonchev–Trinajstić information content (AvgIpc) is 2.20. The van der Waals surface area contributed by atoms with Gasteiger partial charge in [0.2, 0.25) is 0 Å². The molecule has 0 heterocycles. The lowest BCUT2D eigenvalue weighted by atomic mass is 10.1. The van der Waals surface area contributed by atoms with Gasteiger partial charge in [-0.2, -0.15) is 0 Å². The fourth-order valence-electron chi connectivity index (χ4n) is 1.25. The highest BCUT2D eigenvalue weighted by atomic mass is 35.5. The maximum absolute atomic E-state index is 10.5. The maximum Gasteiger partial charge on any atom is 0.270 e. The Morgan fingerprint density at radius 1 is 1.60 bits per heavy atom. The fraction of sp³-hybridized carbons (Fsp3) is 0.400. The van der Waals surface area contributed by atoms with Gasteiger partial charge >= 0.3 is 0 Å². The maximum atomic E-state index is 10.5. The Bertz CT molecular complexity index is 368. The predicted octanol–water partition coefficient (Wildman–Crippen LogP) is 2.40. The van der Waals surface area contributed by atoms with Crippen LogP contribution in [0.15, 0.2) is 18.2 Å². The van der Waals surface area contributed by atoms with E-state index in [1.807, 2.05) is 14.0 Å². The molecule has 0 amide bonds. The standard InChI is InChI=1S/C10H13ClN2O2/c1-7(12-2)5-8-3-4-9(13(14)15)6-10(8)11/h3-4,6-7,12H,5H2,1-2H3.